The van der Waals surface area contributed by atoms with Crippen LogP contribution in [0.4, 0.5) is 0 Å². The van der Waals surface area contributed by atoms with Crippen molar-refractivity contribution in [2.75, 3.05) is 39.3 Å². The van der Waals surface area contributed by atoms with E-state index in [2.05, 4.69) is 29.0 Å². The smallest absolute Gasteiger partial charge is 0.0136 e. The van der Waals surface area contributed by atoms with Gasteiger partial charge in [-0.3, -0.25) is 0 Å². The third-order valence-electron chi connectivity index (χ3n) is 6.00. The maximum absolute atomic E-state index is 3.64. The van der Waals surface area contributed by atoms with Gasteiger partial charge in [0.15, 0.2) is 0 Å². The van der Waals surface area contributed by atoms with E-state index >= 15 is 0 Å². The van der Waals surface area contributed by atoms with Gasteiger partial charge in [0.2, 0.25) is 0 Å². The van der Waals surface area contributed by atoms with Crippen molar-refractivity contribution in [1.82, 2.24) is 15.1 Å². The molecule has 21 heavy (non-hydrogen) atoms. The summed E-state index contributed by atoms with van der Waals surface area (Å²) in [5.74, 6) is 1.90. The maximum Gasteiger partial charge on any atom is 0.0136 e. The molecule has 1 N–H and O–H groups in total. The lowest BCUT2D eigenvalue weighted by atomic mass is 9.77. The zero-order valence-corrected chi connectivity index (χ0v) is 14.2. The van der Waals surface area contributed by atoms with Crippen LogP contribution in [0.3, 0.4) is 0 Å². The van der Waals surface area contributed by atoms with Gasteiger partial charge in [0.25, 0.3) is 0 Å². The number of nitrogens with one attached hydrogen (secondary N) is 1. The van der Waals surface area contributed by atoms with Gasteiger partial charge in [0, 0.05) is 18.6 Å². The van der Waals surface area contributed by atoms with Crippen LogP contribution in [0, 0.1) is 11.8 Å². The fourth-order valence-corrected chi connectivity index (χ4v) is 4.45. The van der Waals surface area contributed by atoms with Crippen molar-refractivity contribution in [1.29, 1.82) is 0 Å². The minimum Gasteiger partial charge on any atom is -0.314 e. The van der Waals surface area contributed by atoms with Gasteiger partial charge in [0.05, 0.1) is 0 Å². The van der Waals surface area contributed by atoms with Crippen LogP contribution in [0.15, 0.2) is 0 Å². The van der Waals surface area contributed by atoms with Gasteiger partial charge in [-0.2, -0.15) is 0 Å². The Bertz CT molecular complexity index is 304. The van der Waals surface area contributed by atoms with Crippen molar-refractivity contribution in [3.63, 3.8) is 0 Å². The van der Waals surface area contributed by atoms with E-state index < -0.39 is 0 Å². The van der Waals surface area contributed by atoms with Gasteiger partial charge in [-0.1, -0.05) is 13.8 Å². The summed E-state index contributed by atoms with van der Waals surface area (Å²) in [5.41, 5.74) is 0. The highest BCUT2D eigenvalue weighted by Gasteiger charge is 2.36. The lowest BCUT2D eigenvalue weighted by molar-refractivity contribution is 0.0293. The van der Waals surface area contributed by atoms with E-state index in [1.807, 2.05) is 0 Å². The van der Waals surface area contributed by atoms with Crippen molar-refractivity contribution >= 4 is 0 Å². The molecule has 3 heteroatoms. The summed E-state index contributed by atoms with van der Waals surface area (Å²) in [6, 6.07) is 1.53. The van der Waals surface area contributed by atoms with Crippen molar-refractivity contribution in [3.05, 3.63) is 0 Å². The second-order valence-electron chi connectivity index (χ2n) is 7.95. The molecular weight excluding hydrogens is 258 g/mol. The van der Waals surface area contributed by atoms with E-state index in [1.54, 1.807) is 0 Å². The molecule has 2 unspecified atom stereocenters. The third kappa shape index (κ3) is 4.20. The molecule has 122 valence electrons. The SMILES string of the molecule is CC(C)NCC1CCC1N1CCC(CN2CCCC2)CC1. The quantitative estimate of drug-likeness (QED) is 0.812. The van der Waals surface area contributed by atoms with Gasteiger partial charge >= 0.3 is 0 Å². The summed E-state index contributed by atoms with van der Waals surface area (Å²) < 4.78 is 0. The Morgan fingerprint density at radius 3 is 2.24 bits per heavy atom. The number of rotatable bonds is 6. The largest absolute Gasteiger partial charge is 0.314 e. The Hall–Kier alpha value is -0.120. The number of hydrogen-bond donors (Lipinski definition) is 1. The standard InChI is InChI=1S/C18H35N3/c1-15(2)19-13-17-5-6-18(17)21-11-7-16(8-12-21)14-20-9-3-4-10-20/h15-19H,3-14H2,1-2H3. The number of likely N-dealkylation sites (tertiary alicyclic amines) is 2. The predicted octanol–water partition coefficient (Wildman–Crippen LogP) is 2.57. The Morgan fingerprint density at radius 1 is 0.952 bits per heavy atom. The average molecular weight is 293 g/mol. The molecule has 2 heterocycles. The first-order valence-corrected chi connectivity index (χ1v) is 9.42. The van der Waals surface area contributed by atoms with E-state index in [0.29, 0.717) is 6.04 Å². The molecular formula is C18H35N3. The zero-order valence-electron chi connectivity index (χ0n) is 14.2. The van der Waals surface area contributed by atoms with Crippen LogP contribution in [-0.4, -0.2) is 61.2 Å². The van der Waals surface area contributed by atoms with Gasteiger partial charge in [-0.25, -0.2) is 0 Å². The van der Waals surface area contributed by atoms with Crippen LogP contribution in [0.1, 0.15) is 52.4 Å². The monoisotopic (exact) mass is 293 g/mol. The van der Waals surface area contributed by atoms with E-state index in [1.165, 1.54) is 77.8 Å². The van der Waals surface area contributed by atoms with Crippen LogP contribution >= 0.6 is 0 Å². The van der Waals surface area contributed by atoms with Crippen LogP contribution in [-0.2, 0) is 0 Å². The van der Waals surface area contributed by atoms with Gasteiger partial charge in [0.1, 0.15) is 0 Å². The van der Waals surface area contributed by atoms with Crippen LogP contribution in [0.5, 0.6) is 0 Å². The number of hydrogen-bond acceptors (Lipinski definition) is 3. The Balaban J connectivity index is 1.37. The van der Waals surface area contributed by atoms with Gasteiger partial charge in [-0.15, -0.1) is 0 Å². The lowest BCUT2D eigenvalue weighted by Crippen LogP contribution is -2.53. The molecule has 2 aliphatic heterocycles. The predicted molar refractivity (Wildman–Crippen MR) is 89.6 cm³/mol. The molecule has 3 aliphatic rings. The molecule has 3 rings (SSSR count). The van der Waals surface area contributed by atoms with Crippen molar-refractivity contribution in [3.8, 4) is 0 Å². The lowest BCUT2D eigenvalue weighted by Gasteiger charge is -2.47. The maximum atomic E-state index is 3.64. The number of nitrogens with zero attached hydrogens (tertiary/aromatic N) is 2. The molecule has 0 bridgehead atoms. The molecule has 0 amide bonds. The molecule has 3 nitrogen and oxygen atoms in total. The second kappa shape index (κ2) is 7.43. The molecule has 2 saturated heterocycles. The summed E-state index contributed by atoms with van der Waals surface area (Å²) in [4.78, 5) is 5.52. The van der Waals surface area contributed by atoms with Crippen LogP contribution < -0.4 is 5.32 Å². The fraction of sp³-hybridized carbons (Fsp3) is 1.00. The highest BCUT2D eigenvalue weighted by molar-refractivity contribution is 4.92. The van der Waals surface area contributed by atoms with Crippen molar-refractivity contribution in [2.24, 2.45) is 11.8 Å². The van der Waals surface area contributed by atoms with Gasteiger partial charge in [-0.05, 0) is 83.1 Å². The minimum absolute atomic E-state index is 0.637. The first-order chi connectivity index (χ1) is 10.2. The Labute approximate surface area is 131 Å². The van der Waals surface area contributed by atoms with E-state index in [9.17, 15) is 0 Å². The Morgan fingerprint density at radius 2 is 1.67 bits per heavy atom. The van der Waals surface area contributed by atoms with Crippen LogP contribution in [0.2, 0.25) is 0 Å². The highest BCUT2D eigenvalue weighted by Crippen LogP contribution is 2.34. The summed E-state index contributed by atoms with van der Waals surface area (Å²) in [6.07, 6.45) is 8.64. The molecule has 2 atom stereocenters. The molecule has 0 aromatic carbocycles. The summed E-state index contributed by atoms with van der Waals surface area (Å²) in [7, 11) is 0. The second-order valence-corrected chi connectivity index (χ2v) is 7.95. The topological polar surface area (TPSA) is 18.5 Å². The minimum atomic E-state index is 0.637. The molecule has 0 radical (unpaired) electrons. The molecule has 1 saturated carbocycles. The van der Waals surface area contributed by atoms with E-state index in [-0.39, 0.29) is 0 Å². The number of piperidine rings is 1. The fourth-order valence-electron chi connectivity index (χ4n) is 4.45. The van der Waals surface area contributed by atoms with Crippen molar-refractivity contribution < 1.29 is 0 Å². The van der Waals surface area contributed by atoms with E-state index in [4.69, 9.17) is 0 Å². The Kier molecular flexibility index (Phi) is 5.58. The van der Waals surface area contributed by atoms with Gasteiger partial charge < -0.3 is 15.1 Å². The normalized spacial score (nSPS) is 32.7. The third-order valence-corrected chi connectivity index (χ3v) is 6.00. The zero-order chi connectivity index (χ0) is 14.7. The molecule has 0 spiro atoms. The molecule has 0 aromatic heterocycles. The van der Waals surface area contributed by atoms with Crippen LogP contribution in [0.25, 0.3) is 0 Å². The van der Waals surface area contributed by atoms with Crippen molar-refractivity contribution in [2.45, 2.75) is 64.5 Å². The average Bonchev–Trinajstić information content (AvgIpc) is 2.92. The summed E-state index contributed by atoms with van der Waals surface area (Å²) in [6.45, 7) is 12.6. The van der Waals surface area contributed by atoms with E-state index in [0.717, 1.165) is 17.9 Å². The first kappa shape index (κ1) is 15.8. The summed E-state index contributed by atoms with van der Waals surface area (Å²) in [5, 5.41) is 3.64. The molecule has 3 fully saturated rings. The molecule has 1 aliphatic carbocycles. The highest BCUT2D eigenvalue weighted by atomic mass is 15.2. The molecule has 0 aromatic rings. The first-order valence-electron chi connectivity index (χ1n) is 9.42. The summed E-state index contributed by atoms with van der Waals surface area (Å²) >= 11 is 0.